The second kappa shape index (κ2) is 4.30. The van der Waals surface area contributed by atoms with E-state index >= 15 is 0 Å². The van der Waals surface area contributed by atoms with E-state index in [1.165, 1.54) is 0 Å². The number of para-hydroxylation sites is 2. The summed E-state index contributed by atoms with van der Waals surface area (Å²) in [7, 11) is 0. The Morgan fingerprint density at radius 1 is 1.11 bits per heavy atom. The normalized spacial score (nSPS) is 11.0. The molecule has 0 fully saturated rings. The Morgan fingerprint density at radius 2 is 1.89 bits per heavy atom. The van der Waals surface area contributed by atoms with Crippen molar-refractivity contribution < 1.29 is 0 Å². The van der Waals surface area contributed by atoms with E-state index in [0.29, 0.717) is 11.0 Å². The van der Waals surface area contributed by atoms with Crippen LogP contribution in [-0.4, -0.2) is 9.55 Å². The second-order valence-electron chi connectivity index (χ2n) is 3.86. The quantitative estimate of drug-likeness (QED) is 0.735. The molecule has 5 heteroatoms. The number of nitrogen functional groups attached to an aromatic ring is 1. The molecule has 90 valence electrons. The van der Waals surface area contributed by atoms with Gasteiger partial charge in [-0.25, -0.2) is 4.98 Å². The Kier molecular flexibility index (Phi) is 2.76. The fourth-order valence-corrected chi connectivity index (χ4v) is 2.70. The summed E-state index contributed by atoms with van der Waals surface area (Å²) in [5.74, 6) is 0.421. The largest absolute Gasteiger partial charge is 0.369 e. The lowest BCUT2D eigenvalue weighted by molar-refractivity contribution is 1.10. The molecule has 0 amide bonds. The average Bonchev–Trinajstić information content (AvgIpc) is 2.68. The first-order valence-electron chi connectivity index (χ1n) is 5.36. The summed E-state index contributed by atoms with van der Waals surface area (Å²) in [6.45, 7) is 0. The highest BCUT2D eigenvalue weighted by molar-refractivity contribution is 9.10. The van der Waals surface area contributed by atoms with Gasteiger partial charge in [0, 0.05) is 4.47 Å². The number of rotatable bonds is 1. The van der Waals surface area contributed by atoms with Gasteiger partial charge in [-0.1, -0.05) is 29.8 Å². The van der Waals surface area contributed by atoms with Crippen LogP contribution >= 0.6 is 27.5 Å². The predicted molar refractivity (Wildman–Crippen MR) is 78.2 cm³/mol. The van der Waals surface area contributed by atoms with E-state index in [1.54, 1.807) is 0 Å². The third-order valence-electron chi connectivity index (χ3n) is 2.75. The standard InChI is InChI=1S/C13H9BrClN3/c14-8-4-1-2-7-11(8)18-12-9(15)5-3-6-10(12)17-13(18)16/h1-7H,(H2,16,17). The number of hydrogen-bond acceptors (Lipinski definition) is 2. The molecular weight excluding hydrogens is 314 g/mol. The van der Waals surface area contributed by atoms with Gasteiger partial charge in [-0.15, -0.1) is 0 Å². The molecule has 0 aliphatic carbocycles. The molecular formula is C13H9BrClN3. The van der Waals surface area contributed by atoms with Crippen molar-refractivity contribution in [2.24, 2.45) is 0 Å². The number of halogens is 2. The first-order valence-corrected chi connectivity index (χ1v) is 6.53. The van der Waals surface area contributed by atoms with Crippen LogP contribution in [0.25, 0.3) is 16.7 Å². The number of hydrogen-bond donors (Lipinski definition) is 1. The van der Waals surface area contributed by atoms with Crippen molar-refractivity contribution in [3.8, 4) is 5.69 Å². The first kappa shape index (κ1) is 11.6. The molecule has 18 heavy (non-hydrogen) atoms. The molecule has 1 aromatic heterocycles. The Morgan fingerprint density at radius 3 is 2.67 bits per heavy atom. The van der Waals surface area contributed by atoms with Gasteiger partial charge in [-0.2, -0.15) is 0 Å². The highest BCUT2D eigenvalue weighted by Gasteiger charge is 2.14. The highest BCUT2D eigenvalue weighted by Crippen LogP contribution is 2.31. The molecule has 0 unspecified atom stereocenters. The molecule has 3 aromatic rings. The van der Waals surface area contributed by atoms with Gasteiger partial charge in [-0.3, -0.25) is 4.57 Å². The van der Waals surface area contributed by atoms with Gasteiger partial charge in [0.1, 0.15) is 0 Å². The third-order valence-corrected chi connectivity index (χ3v) is 3.72. The molecule has 0 radical (unpaired) electrons. The van der Waals surface area contributed by atoms with E-state index in [4.69, 9.17) is 17.3 Å². The summed E-state index contributed by atoms with van der Waals surface area (Å²) in [6.07, 6.45) is 0. The molecule has 0 saturated heterocycles. The maximum Gasteiger partial charge on any atom is 0.206 e. The topological polar surface area (TPSA) is 43.8 Å². The zero-order valence-electron chi connectivity index (χ0n) is 9.27. The molecule has 2 aromatic carbocycles. The Balaban J connectivity index is 2.43. The van der Waals surface area contributed by atoms with Gasteiger partial charge < -0.3 is 5.73 Å². The van der Waals surface area contributed by atoms with Crippen molar-refractivity contribution in [2.75, 3.05) is 5.73 Å². The van der Waals surface area contributed by atoms with E-state index in [-0.39, 0.29) is 0 Å². The van der Waals surface area contributed by atoms with Crippen molar-refractivity contribution in [3.63, 3.8) is 0 Å². The lowest BCUT2D eigenvalue weighted by atomic mass is 10.3. The van der Waals surface area contributed by atoms with Gasteiger partial charge in [0.25, 0.3) is 0 Å². The first-order chi connectivity index (χ1) is 8.68. The summed E-state index contributed by atoms with van der Waals surface area (Å²) in [4.78, 5) is 4.33. The van der Waals surface area contributed by atoms with Crippen LogP contribution in [0, 0.1) is 0 Å². The molecule has 0 bridgehead atoms. The van der Waals surface area contributed by atoms with Gasteiger partial charge in [0.05, 0.1) is 21.7 Å². The highest BCUT2D eigenvalue weighted by atomic mass is 79.9. The van der Waals surface area contributed by atoms with Gasteiger partial charge in [0.15, 0.2) is 0 Å². The van der Waals surface area contributed by atoms with Gasteiger partial charge in [0.2, 0.25) is 5.95 Å². The molecule has 0 atom stereocenters. The lowest BCUT2D eigenvalue weighted by Gasteiger charge is -2.09. The van der Waals surface area contributed by atoms with Crippen molar-refractivity contribution >= 4 is 44.5 Å². The van der Waals surface area contributed by atoms with Crippen LogP contribution in [0.3, 0.4) is 0 Å². The van der Waals surface area contributed by atoms with Crippen LogP contribution in [0.1, 0.15) is 0 Å². The average molecular weight is 323 g/mol. The van der Waals surface area contributed by atoms with Crippen molar-refractivity contribution in [2.45, 2.75) is 0 Å². The van der Waals surface area contributed by atoms with Crippen LogP contribution < -0.4 is 5.73 Å². The van der Waals surface area contributed by atoms with Crippen molar-refractivity contribution in [3.05, 3.63) is 52.0 Å². The summed E-state index contributed by atoms with van der Waals surface area (Å²) >= 11 is 9.76. The van der Waals surface area contributed by atoms with Gasteiger partial charge in [-0.05, 0) is 40.2 Å². The Bertz CT molecular complexity index is 736. The monoisotopic (exact) mass is 321 g/mol. The SMILES string of the molecule is Nc1nc2cccc(Cl)c2n1-c1ccccc1Br. The summed E-state index contributed by atoms with van der Waals surface area (Å²) < 4.78 is 2.79. The number of fused-ring (bicyclic) bond motifs is 1. The molecule has 0 aliphatic rings. The molecule has 0 aliphatic heterocycles. The van der Waals surface area contributed by atoms with Crippen LogP contribution in [0.2, 0.25) is 5.02 Å². The minimum atomic E-state index is 0.421. The summed E-state index contributed by atoms with van der Waals surface area (Å²) in [5.41, 5.74) is 8.53. The smallest absolute Gasteiger partial charge is 0.206 e. The number of nitrogens with zero attached hydrogens (tertiary/aromatic N) is 2. The fraction of sp³-hybridized carbons (Fsp3) is 0. The minimum Gasteiger partial charge on any atom is -0.369 e. The van der Waals surface area contributed by atoms with Crippen molar-refractivity contribution in [1.29, 1.82) is 0 Å². The molecule has 0 saturated carbocycles. The van der Waals surface area contributed by atoms with Crippen LogP contribution in [0.15, 0.2) is 46.9 Å². The predicted octanol–water partition coefficient (Wildman–Crippen LogP) is 4.02. The van der Waals surface area contributed by atoms with E-state index in [1.807, 2.05) is 47.0 Å². The zero-order chi connectivity index (χ0) is 12.7. The summed E-state index contributed by atoms with van der Waals surface area (Å²) in [6, 6.07) is 13.4. The number of imidazole rings is 1. The van der Waals surface area contributed by atoms with Crippen LogP contribution in [0.4, 0.5) is 5.95 Å². The van der Waals surface area contributed by atoms with Crippen molar-refractivity contribution in [1.82, 2.24) is 9.55 Å². The number of anilines is 1. The maximum absolute atomic E-state index is 6.25. The number of nitrogens with two attached hydrogens (primary N) is 1. The zero-order valence-corrected chi connectivity index (χ0v) is 11.6. The molecule has 1 heterocycles. The van der Waals surface area contributed by atoms with Gasteiger partial charge >= 0.3 is 0 Å². The number of benzene rings is 2. The van der Waals surface area contributed by atoms with E-state index in [2.05, 4.69) is 20.9 Å². The second-order valence-corrected chi connectivity index (χ2v) is 5.13. The fourth-order valence-electron chi connectivity index (χ4n) is 1.98. The molecule has 3 nitrogen and oxygen atoms in total. The lowest BCUT2D eigenvalue weighted by Crippen LogP contribution is -2.01. The van der Waals surface area contributed by atoms with E-state index in [9.17, 15) is 0 Å². The molecule has 3 rings (SSSR count). The third kappa shape index (κ3) is 1.69. The number of aromatic nitrogens is 2. The molecule has 2 N–H and O–H groups in total. The van der Waals surface area contributed by atoms with E-state index < -0.39 is 0 Å². The Labute approximate surface area is 117 Å². The van der Waals surface area contributed by atoms with Crippen LogP contribution in [-0.2, 0) is 0 Å². The van der Waals surface area contributed by atoms with E-state index in [0.717, 1.165) is 21.2 Å². The Hall–Kier alpha value is -1.52. The maximum atomic E-state index is 6.25. The minimum absolute atomic E-state index is 0.421. The van der Waals surface area contributed by atoms with Crippen LogP contribution in [0.5, 0.6) is 0 Å². The summed E-state index contributed by atoms with van der Waals surface area (Å²) in [5, 5.41) is 0.632. The molecule has 0 spiro atoms.